The van der Waals surface area contributed by atoms with Crippen LogP contribution in [0.25, 0.3) is 11.6 Å². The summed E-state index contributed by atoms with van der Waals surface area (Å²) in [6, 6.07) is 3.84. The molecule has 3 heterocycles. The molecule has 0 unspecified atom stereocenters. The molecule has 3 rings (SSSR count). The lowest BCUT2D eigenvalue weighted by atomic mass is 9.94. The molecule has 0 bridgehead atoms. The minimum absolute atomic E-state index is 0.116. The largest absolute Gasteiger partial charge is 0.461 e. The van der Waals surface area contributed by atoms with Gasteiger partial charge in [-0.2, -0.15) is 4.98 Å². The van der Waals surface area contributed by atoms with Gasteiger partial charge in [0.2, 0.25) is 11.7 Å². The van der Waals surface area contributed by atoms with Crippen LogP contribution in [0.5, 0.6) is 0 Å². The number of nitrogens with zero attached hydrogens (tertiary/aromatic N) is 2. The van der Waals surface area contributed by atoms with Gasteiger partial charge < -0.3 is 19.0 Å². The summed E-state index contributed by atoms with van der Waals surface area (Å²) in [5.74, 6) is 1.62. The van der Waals surface area contributed by atoms with E-state index in [0.29, 0.717) is 24.0 Å². The smallest absolute Gasteiger partial charge is 0.241 e. The molecule has 0 amide bonds. The highest BCUT2D eigenvalue weighted by Crippen LogP contribution is 2.37. The Kier molecular flexibility index (Phi) is 3.37. The second kappa shape index (κ2) is 4.96. The number of ether oxygens (including phenoxy) is 1. The summed E-state index contributed by atoms with van der Waals surface area (Å²) in [5.41, 5.74) is -0.331. The number of aromatic nitrogens is 2. The summed E-state index contributed by atoms with van der Waals surface area (Å²) in [6.07, 6.45) is 2.53. The van der Waals surface area contributed by atoms with Crippen LogP contribution in [-0.4, -0.2) is 27.4 Å². The molecule has 1 fully saturated rings. The van der Waals surface area contributed by atoms with Gasteiger partial charge in [0.15, 0.2) is 5.76 Å². The average Bonchev–Trinajstić information content (AvgIpc) is 3.05. The Bertz CT molecular complexity index is 601. The quantitative estimate of drug-likeness (QED) is 0.933. The zero-order chi connectivity index (χ0) is 15.1. The molecule has 6 nitrogen and oxygen atoms in total. The van der Waals surface area contributed by atoms with E-state index in [2.05, 4.69) is 43.2 Å². The van der Waals surface area contributed by atoms with E-state index in [1.807, 2.05) is 0 Å². The van der Waals surface area contributed by atoms with E-state index in [1.165, 1.54) is 0 Å². The van der Waals surface area contributed by atoms with Crippen molar-refractivity contribution in [3.8, 4) is 11.6 Å². The maximum atomic E-state index is 6.06. The summed E-state index contributed by atoms with van der Waals surface area (Å²) in [4.78, 5) is 4.32. The van der Waals surface area contributed by atoms with Crippen molar-refractivity contribution < 1.29 is 13.7 Å². The van der Waals surface area contributed by atoms with Crippen molar-refractivity contribution in [1.29, 1.82) is 0 Å². The fraction of sp³-hybridized carbons (Fsp3) is 0.600. The van der Waals surface area contributed by atoms with Gasteiger partial charge in [0, 0.05) is 6.04 Å². The first-order valence-corrected chi connectivity index (χ1v) is 7.16. The Labute approximate surface area is 123 Å². The van der Waals surface area contributed by atoms with Crippen LogP contribution in [0.1, 0.15) is 40.0 Å². The summed E-state index contributed by atoms with van der Waals surface area (Å²) in [6.45, 7) is 8.93. The zero-order valence-electron chi connectivity index (χ0n) is 12.8. The lowest BCUT2D eigenvalue weighted by Crippen LogP contribution is -2.43. The summed E-state index contributed by atoms with van der Waals surface area (Å²) >= 11 is 0. The lowest BCUT2D eigenvalue weighted by molar-refractivity contribution is -0.0700. The molecule has 2 aromatic rings. The molecular formula is C15H21N3O3. The predicted octanol–water partition coefficient (Wildman–Crippen LogP) is 2.77. The van der Waals surface area contributed by atoms with Crippen LogP contribution in [0.15, 0.2) is 27.3 Å². The van der Waals surface area contributed by atoms with Crippen molar-refractivity contribution in [2.24, 2.45) is 0 Å². The van der Waals surface area contributed by atoms with Crippen molar-refractivity contribution in [2.75, 3.05) is 0 Å². The van der Waals surface area contributed by atoms with Gasteiger partial charge >= 0.3 is 0 Å². The van der Waals surface area contributed by atoms with Gasteiger partial charge in [-0.1, -0.05) is 5.16 Å². The number of nitrogens with one attached hydrogen (secondary N) is 1. The van der Waals surface area contributed by atoms with Crippen LogP contribution >= 0.6 is 0 Å². The van der Waals surface area contributed by atoms with Crippen LogP contribution in [0.4, 0.5) is 0 Å². The summed E-state index contributed by atoms with van der Waals surface area (Å²) < 4.78 is 16.5. The van der Waals surface area contributed by atoms with Gasteiger partial charge in [0.25, 0.3) is 0 Å². The highest BCUT2D eigenvalue weighted by atomic mass is 16.5. The zero-order valence-corrected chi connectivity index (χ0v) is 12.8. The van der Waals surface area contributed by atoms with E-state index < -0.39 is 0 Å². The van der Waals surface area contributed by atoms with Crippen molar-refractivity contribution in [3.05, 3.63) is 24.3 Å². The molecule has 21 heavy (non-hydrogen) atoms. The molecule has 114 valence electrons. The topological polar surface area (TPSA) is 73.3 Å². The Balaban J connectivity index is 1.63. The van der Waals surface area contributed by atoms with E-state index in [-0.39, 0.29) is 17.2 Å². The third-order valence-electron chi connectivity index (χ3n) is 3.78. The Morgan fingerprint density at radius 2 is 2.14 bits per heavy atom. The lowest BCUT2D eigenvalue weighted by Gasteiger charge is -2.27. The number of furan rings is 1. The van der Waals surface area contributed by atoms with E-state index in [9.17, 15) is 0 Å². The highest BCUT2D eigenvalue weighted by Gasteiger charge is 2.45. The molecule has 0 aliphatic carbocycles. The van der Waals surface area contributed by atoms with Crippen LogP contribution in [0.3, 0.4) is 0 Å². The van der Waals surface area contributed by atoms with Crippen LogP contribution in [0.2, 0.25) is 0 Å². The van der Waals surface area contributed by atoms with E-state index in [4.69, 9.17) is 13.7 Å². The molecule has 1 saturated heterocycles. The van der Waals surface area contributed by atoms with E-state index >= 15 is 0 Å². The SMILES string of the molecule is CC1(C)C[C@H](NCc2nc(-c3ccco3)no2)C(C)(C)O1. The van der Waals surface area contributed by atoms with E-state index in [0.717, 1.165) is 6.42 Å². The van der Waals surface area contributed by atoms with E-state index in [1.54, 1.807) is 18.4 Å². The molecule has 2 aromatic heterocycles. The molecule has 0 spiro atoms. The second-order valence-corrected chi connectivity index (χ2v) is 6.59. The third-order valence-corrected chi connectivity index (χ3v) is 3.78. The molecule has 1 atom stereocenters. The normalized spacial score (nSPS) is 23.5. The first kappa shape index (κ1) is 14.3. The summed E-state index contributed by atoms with van der Waals surface area (Å²) in [5, 5.41) is 7.37. The number of hydrogen-bond donors (Lipinski definition) is 1. The fourth-order valence-electron chi connectivity index (χ4n) is 2.92. The maximum Gasteiger partial charge on any atom is 0.241 e. The molecular weight excluding hydrogens is 270 g/mol. The Morgan fingerprint density at radius 1 is 1.33 bits per heavy atom. The molecule has 0 aromatic carbocycles. The van der Waals surface area contributed by atoms with Crippen molar-refractivity contribution in [3.63, 3.8) is 0 Å². The Morgan fingerprint density at radius 3 is 2.76 bits per heavy atom. The van der Waals surface area contributed by atoms with Gasteiger partial charge in [-0.05, 0) is 46.2 Å². The van der Waals surface area contributed by atoms with Crippen molar-refractivity contribution in [1.82, 2.24) is 15.5 Å². The minimum Gasteiger partial charge on any atom is -0.461 e. The molecule has 1 aliphatic heterocycles. The van der Waals surface area contributed by atoms with Gasteiger partial charge in [-0.3, -0.25) is 0 Å². The van der Waals surface area contributed by atoms with Crippen LogP contribution in [0, 0.1) is 0 Å². The van der Waals surface area contributed by atoms with Gasteiger partial charge in [0.05, 0.1) is 24.0 Å². The highest BCUT2D eigenvalue weighted by molar-refractivity contribution is 5.44. The van der Waals surface area contributed by atoms with Gasteiger partial charge in [-0.25, -0.2) is 0 Å². The minimum atomic E-state index is -0.215. The van der Waals surface area contributed by atoms with Crippen LogP contribution in [-0.2, 0) is 11.3 Å². The summed E-state index contributed by atoms with van der Waals surface area (Å²) in [7, 11) is 0. The number of hydrogen-bond acceptors (Lipinski definition) is 6. The predicted molar refractivity (Wildman–Crippen MR) is 76.5 cm³/mol. The van der Waals surface area contributed by atoms with Gasteiger partial charge in [0.1, 0.15) is 0 Å². The second-order valence-electron chi connectivity index (χ2n) is 6.59. The first-order valence-electron chi connectivity index (χ1n) is 7.16. The number of rotatable bonds is 4. The average molecular weight is 291 g/mol. The van der Waals surface area contributed by atoms with Gasteiger partial charge in [-0.15, -0.1) is 0 Å². The fourth-order valence-corrected chi connectivity index (χ4v) is 2.92. The molecule has 1 N–H and O–H groups in total. The monoisotopic (exact) mass is 291 g/mol. The molecule has 0 radical (unpaired) electrons. The van der Waals surface area contributed by atoms with Crippen molar-refractivity contribution in [2.45, 2.75) is 57.9 Å². The van der Waals surface area contributed by atoms with Crippen LogP contribution < -0.4 is 5.32 Å². The standard InChI is InChI=1S/C15H21N3O3/c1-14(2)8-11(15(3,4)21-14)16-9-12-17-13(18-20-12)10-6-5-7-19-10/h5-7,11,16H,8-9H2,1-4H3/t11-/m0/s1. The first-order chi connectivity index (χ1) is 9.86. The molecule has 0 saturated carbocycles. The maximum absolute atomic E-state index is 6.06. The Hall–Kier alpha value is -1.66. The van der Waals surface area contributed by atoms with Crippen molar-refractivity contribution >= 4 is 0 Å². The third kappa shape index (κ3) is 3.01. The molecule has 6 heteroatoms. The molecule has 1 aliphatic rings.